The molecule has 0 aliphatic rings. The van der Waals surface area contributed by atoms with Gasteiger partial charge in [-0.1, -0.05) is 201 Å². The van der Waals surface area contributed by atoms with E-state index in [-0.39, 0.29) is 37.5 Å². The molecule has 0 fully saturated rings. The summed E-state index contributed by atoms with van der Waals surface area (Å²) in [4.78, 5) is 38.0. The molecule has 0 amide bonds. The molecule has 0 aromatic carbocycles. The normalized spacial score (nSPS) is 13.0. The van der Waals surface area contributed by atoms with Gasteiger partial charge in [-0.05, 0) is 116 Å². The highest BCUT2D eigenvalue weighted by Crippen LogP contribution is 2.13. The maximum atomic E-state index is 12.8. The number of unbranched alkanes of at least 4 members (excludes halogenated alkanes) is 17. The third-order valence-corrected chi connectivity index (χ3v) is 10.7. The number of ether oxygens (including phenoxy) is 3. The van der Waals surface area contributed by atoms with Crippen molar-refractivity contribution in [2.24, 2.45) is 0 Å². The molecule has 0 N–H and O–H groups in total. The predicted molar refractivity (Wildman–Crippen MR) is 279 cm³/mol. The SMILES string of the molecule is CC/C=C\C/C=C\C/C=C\C/C=C\C/C=C\CCCC(=O)OC(COC(=O)CCCCCCC/C=C\CCCC)COC(=O)CCCCCCCC/C=C\C/C=C\C/C=C\CCCCC. The lowest BCUT2D eigenvalue weighted by Crippen LogP contribution is -2.30. The van der Waals surface area contributed by atoms with E-state index in [9.17, 15) is 14.4 Å². The molecule has 0 aromatic rings. The smallest absolute Gasteiger partial charge is 0.306 e. The zero-order valence-corrected chi connectivity index (χ0v) is 42.0. The van der Waals surface area contributed by atoms with Gasteiger partial charge in [0, 0.05) is 19.3 Å². The summed E-state index contributed by atoms with van der Waals surface area (Å²) >= 11 is 0. The predicted octanol–water partition coefficient (Wildman–Crippen LogP) is 17.5. The first-order chi connectivity index (χ1) is 32.0. The lowest BCUT2D eigenvalue weighted by molar-refractivity contribution is -0.167. The Hall–Kier alpha value is -3.93. The first kappa shape index (κ1) is 61.1. The Morgan fingerprint density at radius 2 is 0.631 bits per heavy atom. The summed E-state index contributed by atoms with van der Waals surface area (Å²) in [5, 5.41) is 0. The van der Waals surface area contributed by atoms with Gasteiger partial charge in [0.2, 0.25) is 0 Å². The van der Waals surface area contributed by atoms with Gasteiger partial charge in [-0.25, -0.2) is 0 Å². The standard InChI is InChI=1S/C59H96O6/c1-4-7-10-13-16-19-22-24-26-28-29-31-32-34-37-40-43-46-49-52-58(61)64-55-56(54-63-57(60)51-48-45-42-39-36-21-18-15-12-9-6-3)65-59(62)53-50-47-44-41-38-35-33-30-27-25-23-20-17-14-11-8-5-2/h8,11,15-20,24-27,29,31,33,35,41,44,56H,4-7,9-10,12-14,21-23,28,30,32,34,36-40,42-43,45-55H2,1-3H3/b11-8-,18-15-,19-16-,20-17-,26-24-,27-25-,31-29-,35-33-,44-41-. The minimum absolute atomic E-state index is 0.111. The zero-order chi connectivity index (χ0) is 47.2. The van der Waals surface area contributed by atoms with Crippen molar-refractivity contribution in [3.05, 3.63) is 109 Å². The van der Waals surface area contributed by atoms with Crippen LogP contribution in [0, 0.1) is 0 Å². The molecule has 1 unspecified atom stereocenters. The monoisotopic (exact) mass is 901 g/mol. The molecular weight excluding hydrogens is 805 g/mol. The maximum Gasteiger partial charge on any atom is 0.306 e. The lowest BCUT2D eigenvalue weighted by atomic mass is 10.1. The Kier molecular flexibility index (Phi) is 49.5. The second-order valence-electron chi connectivity index (χ2n) is 17.0. The van der Waals surface area contributed by atoms with Gasteiger partial charge in [0.05, 0.1) is 0 Å². The molecule has 0 spiro atoms. The van der Waals surface area contributed by atoms with Crippen LogP contribution in [-0.4, -0.2) is 37.2 Å². The van der Waals surface area contributed by atoms with Gasteiger partial charge in [0.25, 0.3) is 0 Å². The number of carbonyl (C=O) groups excluding carboxylic acids is 3. The van der Waals surface area contributed by atoms with Crippen LogP contribution in [0.3, 0.4) is 0 Å². The summed E-state index contributed by atoms with van der Waals surface area (Å²) in [5.74, 6) is -0.998. The molecule has 0 saturated heterocycles. The molecule has 0 aliphatic heterocycles. The molecular formula is C59H96O6. The van der Waals surface area contributed by atoms with Crippen molar-refractivity contribution < 1.29 is 28.6 Å². The van der Waals surface area contributed by atoms with Crippen LogP contribution >= 0.6 is 0 Å². The second kappa shape index (κ2) is 52.7. The summed E-state index contributed by atoms with van der Waals surface area (Å²) in [6, 6.07) is 0. The minimum Gasteiger partial charge on any atom is -0.462 e. The Morgan fingerprint density at radius 1 is 0.323 bits per heavy atom. The van der Waals surface area contributed by atoms with E-state index in [0.29, 0.717) is 19.3 Å². The number of carbonyl (C=O) groups is 3. The van der Waals surface area contributed by atoms with E-state index < -0.39 is 6.10 Å². The quantitative estimate of drug-likeness (QED) is 0.0262. The van der Waals surface area contributed by atoms with Crippen LogP contribution in [0.15, 0.2) is 109 Å². The second-order valence-corrected chi connectivity index (χ2v) is 17.0. The fraction of sp³-hybridized carbons (Fsp3) is 0.644. The summed E-state index contributed by atoms with van der Waals surface area (Å²) in [6.45, 7) is 6.38. The van der Waals surface area contributed by atoms with Crippen molar-refractivity contribution >= 4 is 17.9 Å². The molecule has 0 rings (SSSR count). The van der Waals surface area contributed by atoms with Crippen LogP contribution in [-0.2, 0) is 28.6 Å². The van der Waals surface area contributed by atoms with Crippen molar-refractivity contribution in [2.45, 2.75) is 232 Å². The number of hydrogen-bond acceptors (Lipinski definition) is 6. The average molecular weight is 901 g/mol. The van der Waals surface area contributed by atoms with Gasteiger partial charge in [-0.15, -0.1) is 0 Å². The van der Waals surface area contributed by atoms with E-state index in [1.165, 1.54) is 64.2 Å². The number of rotatable bonds is 46. The number of hydrogen-bond donors (Lipinski definition) is 0. The lowest BCUT2D eigenvalue weighted by Gasteiger charge is -2.18. The van der Waals surface area contributed by atoms with Crippen LogP contribution in [0.25, 0.3) is 0 Å². The summed E-state index contributed by atoms with van der Waals surface area (Å²) in [6.07, 6.45) is 70.8. The molecule has 0 aliphatic carbocycles. The molecule has 6 nitrogen and oxygen atoms in total. The van der Waals surface area contributed by atoms with Crippen LogP contribution in [0.4, 0.5) is 0 Å². The van der Waals surface area contributed by atoms with Gasteiger partial charge in [-0.3, -0.25) is 14.4 Å². The molecule has 0 saturated carbocycles. The molecule has 0 radical (unpaired) electrons. The van der Waals surface area contributed by atoms with Crippen molar-refractivity contribution in [1.82, 2.24) is 0 Å². The van der Waals surface area contributed by atoms with E-state index >= 15 is 0 Å². The number of esters is 3. The van der Waals surface area contributed by atoms with Crippen molar-refractivity contribution in [3.63, 3.8) is 0 Å². The highest BCUT2D eigenvalue weighted by Gasteiger charge is 2.19. The molecule has 0 heterocycles. The Morgan fingerprint density at radius 3 is 1.05 bits per heavy atom. The van der Waals surface area contributed by atoms with Gasteiger partial charge in [0.1, 0.15) is 13.2 Å². The number of allylic oxidation sites excluding steroid dienone is 18. The van der Waals surface area contributed by atoms with E-state index in [2.05, 4.69) is 130 Å². The summed E-state index contributed by atoms with van der Waals surface area (Å²) in [5.41, 5.74) is 0. The van der Waals surface area contributed by atoms with Gasteiger partial charge in [-0.2, -0.15) is 0 Å². The largest absolute Gasteiger partial charge is 0.462 e. The van der Waals surface area contributed by atoms with E-state index in [0.717, 1.165) is 116 Å². The zero-order valence-electron chi connectivity index (χ0n) is 42.0. The van der Waals surface area contributed by atoms with Crippen molar-refractivity contribution in [2.75, 3.05) is 13.2 Å². The van der Waals surface area contributed by atoms with Crippen LogP contribution < -0.4 is 0 Å². The summed E-state index contributed by atoms with van der Waals surface area (Å²) in [7, 11) is 0. The van der Waals surface area contributed by atoms with Crippen molar-refractivity contribution in [1.29, 1.82) is 0 Å². The third-order valence-electron chi connectivity index (χ3n) is 10.7. The molecule has 368 valence electrons. The summed E-state index contributed by atoms with van der Waals surface area (Å²) < 4.78 is 16.7. The van der Waals surface area contributed by atoms with E-state index in [1.54, 1.807) is 0 Å². The fourth-order valence-electron chi connectivity index (χ4n) is 6.76. The molecule has 0 aromatic heterocycles. The fourth-order valence-corrected chi connectivity index (χ4v) is 6.76. The Labute approximate surface area is 400 Å². The first-order valence-electron chi connectivity index (χ1n) is 26.4. The molecule has 0 bridgehead atoms. The topological polar surface area (TPSA) is 78.9 Å². The minimum atomic E-state index is -0.818. The first-order valence-corrected chi connectivity index (χ1v) is 26.4. The van der Waals surface area contributed by atoms with Gasteiger partial charge < -0.3 is 14.2 Å². The molecule has 6 heteroatoms. The van der Waals surface area contributed by atoms with E-state index in [1.807, 2.05) is 0 Å². The Balaban J connectivity index is 4.49. The van der Waals surface area contributed by atoms with Crippen LogP contribution in [0.2, 0.25) is 0 Å². The maximum absolute atomic E-state index is 12.8. The highest BCUT2D eigenvalue weighted by atomic mass is 16.6. The average Bonchev–Trinajstić information content (AvgIpc) is 3.30. The molecule has 65 heavy (non-hydrogen) atoms. The van der Waals surface area contributed by atoms with Gasteiger partial charge >= 0.3 is 17.9 Å². The van der Waals surface area contributed by atoms with Gasteiger partial charge in [0.15, 0.2) is 6.10 Å². The van der Waals surface area contributed by atoms with Crippen LogP contribution in [0.5, 0.6) is 0 Å². The van der Waals surface area contributed by atoms with Crippen molar-refractivity contribution in [3.8, 4) is 0 Å². The van der Waals surface area contributed by atoms with E-state index in [4.69, 9.17) is 14.2 Å². The Bertz CT molecular complexity index is 1360. The third kappa shape index (κ3) is 50.9. The molecule has 1 atom stereocenters. The van der Waals surface area contributed by atoms with Crippen LogP contribution in [0.1, 0.15) is 226 Å². The highest BCUT2D eigenvalue weighted by molar-refractivity contribution is 5.71.